The second kappa shape index (κ2) is 6.43. The predicted octanol–water partition coefficient (Wildman–Crippen LogP) is 3.33. The minimum atomic E-state index is -4.67. The van der Waals surface area contributed by atoms with E-state index in [1.807, 2.05) is 0 Å². The van der Waals surface area contributed by atoms with Crippen molar-refractivity contribution in [1.29, 1.82) is 5.26 Å². The lowest BCUT2D eigenvalue weighted by molar-refractivity contribution is -0.138. The number of halogens is 3. The van der Waals surface area contributed by atoms with Crippen LogP contribution in [0.15, 0.2) is 12.3 Å². The van der Waals surface area contributed by atoms with Gasteiger partial charge in [-0.05, 0) is 33.3 Å². The molecule has 1 aromatic rings. The van der Waals surface area contributed by atoms with E-state index in [1.165, 1.54) is 17.2 Å². The number of pyridine rings is 1. The average molecular weight is 356 g/mol. The highest BCUT2D eigenvalue weighted by molar-refractivity contribution is 5.67. The van der Waals surface area contributed by atoms with Crippen molar-refractivity contribution in [3.05, 3.63) is 23.5 Å². The lowest BCUT2D eigenvalue weighted by Gasteiger charge is -2.38. The first kappa shape index (κ1) is 18.8. The molecule has 1 fully saturated rings. The Hall–Kier alpha value is -2.50. The maximum atomic E-state index is 13.1. The zero-order chi connectivity index (χ0) is 19.0. The molecule has 1 aliphatic heterocycles. The number of alkyl halides is 3. The average Bonchev–Trinajstić information content (AvgIpc) is 2.92. The predicted molar refractivity (Wildman–Crippen MR) is 84.2 cm³/mol. The van der Waals surface area contributed by atoms with Gasteiger partial charge in [0, 0.05) is 18.6 Å². The van der Waals surface area contributed by atoms with E-state index in [2.05, 4.69) is 4.98 Å². The number of anilines is 1. The molecule has 6 nitrogen and oxygen atoms in total. The van der Waals surface area contributed by atoms with Gasteiger partial charge in [-0.15, -0.1) is 0 Å². The molecule has 1 N–H and O–H groups in total. The van der Waals surface area contributed by atoms with Gasteiger partial charge in [0.05, 0.1) is 23.5 Å². The summed E-state index contributed by atoms with van der Waals surface area (Å²) in [4.78, 5) is 18.2. The molecule has 9 heteroatoms. The van der Waals surface area contributed by atoms with Gasteiger partial charge < -0.3 is 10.0 Å². The quantitative estimate of drug-likeness (QED) is 0.879. The van der Waals surface area contributed by atoms with Crippen LogP contribution in [0.2, 0.25) is 0 Å². The molecular weight excluding hydrogens is 337 g/mol. The van der Waals surface area contributed by atoms with Crippen molar-refractivity contribution in [3.63, 3.8) is 0 Å². The van der Waals surface area contributed by atoms with Gasteiger partial charge in [0.2, 0.25) is 0 Å². The molecule has 0 spiro atoms. The normalized spacial score (nSPS) is 18.1. The van der Waals surface area contributed by atoms with Gasteiger partial charge in [-0.1, -0.05) is 0 Å². The van der Waals surface area contributed by atoms with E-state index in [0.717, 1.165) is 6.07 Å². The fourth-order valence-electron chi connectivity index (χ4n) is 3.11. The van der Waals surface area contributed by atoms with E-state index < -0.39 is 29.1 Å². The van der Waals surface area contributed by atoms with Gasteiger partial charge in [0.1, 0.15) is 6.07 Å². The third-order valence-corrected chi connectivity index (χ3v) is 4.11. The maximum absolute atomic E-state index is 13.1. The van der Waals surface area contributed by atoms with Gasteiger partial charge in [-0.3, -0.25) is 4.90 Å². The Kier molecular flexibility index (Phi) is 4.84. The number of rotatable bonds is 2. The topological polar surface area (TPSA) is 80.5 Å². The van der Waals surface area contributed by atoms with Crippen molar-refractivity contribution >= 4 is 11.8 Å². The number of hydrogen-bond acceptors (Lipinski definition) is 4. The van der Waals surface area contributed by atoms with Crippen molar-refractivity contribution in [2.24, 2.45) is 0 Å². The summed E-state index contributed by atoms with van der Waals surface area (Å²) in [6, 6.07) is 2.01. The van der Waals surface area contributed by atoms with Gasteiger partial charge in [-0.2, -0.15) is 18.4 Å². The summed E-state index contributed by atoms with van der Waals surface area (Å²) in [6.07, 6.45) is -4.01. The molecule has 136 valence electrons. The molecular formula is C16H19F3N4O2. The van der Waals surface area contributed by atoms with Crippen LogP contribution in [0, 0.1) is 11.3 Å². The third-order valence-electron chi connectivity index (χ3n) is 4.11. The zero-order valence-electron chi connectivity index (χ0n) is 14.1. The standard InChI is InChI=1S/C16H19F3N4O2/c1-15(2,3)23(14(24)25)10-4-5-22(9-10)11-6-12(16(17,18)19)13(7-20)21-8-11/h6,8,10H,4-5,9H2,1-3H3,(H,24,25). The minimum absolute atomic E-state index is 0.230. The maximum Gasteiger partial charge on any atom is 0.419 e. The summed E-state index contributed by atoms with van der Waals surface area (Å²) in [5.41, 5.74) is -2.14. The summed E-state index contributed by atoms with van der Waals surface area (Å²) < 4.78 is 39.2. The number of carboxylic acid groups (broad SMARTS) is 1. The highest BCUT2D eigenvalue weighted by Crippen LogP contribution is 2.35. The van der Waals surface area contributed by atoms with Crippen LogP contribution in [0.5, 0.6) is 0 Å². The number of amides is 1. The molecule has 0 radical (unpaired) electrons. The second-order valence-electron chi connectivity index (χ2n) is 6.91. The molecule has 0 aromatic carbocycles. The first-order chi connectivity index (χ1) is 11.4. The van der Waals surface area contributed by atoms with Crippen molar-refractivity contribution in [2.45, 2.75) is 44.9 Å². The van der Waals surface area contributed by atoms with Crippen molar-refractivity contribution in [3.8, 4) is 6.07 Å². The summed E-state index contributed by atoms with van der Waals surface area (Å²) in [6.45, 7) is 6.00. The van der Waals surface area contributed by atoms with Crippen LogP contribution < -0.4 is 4.90 Å². The molecule has 2 heterocycles. The molecule has 1 aromatic heterocycles. The van der Waals surface area contributed by atoms with E-state index in [9.17, 15) is 23.1 Å². The van der Waals surface area contributed by atoms with E-state index in [0.29, 0.717) is 13.0 Å². The molecule has 1 unspecified atom stereocenters. The van der Waals surface area contributed by atoms with Crippen LogP contribution in [-0.4, -0.2) is 45.8 Å². The molecule has 0 bridgehead atoms. The van der Waals surface area contributed by atoms with Crippen LogP contribution in [0.4, 0.5) is 23.7 Å². The van der Waals surface area contributed by atoms with E-state index >= 15 is 0 Å². The number of hydrogen-bond donors (Lipinski definition) is 1. The highest BCUT2D eigenvalue weighted by atomic mass is 19.4. The molecule has 1 aliphatic rings. The molecule has 0 aliphatic carbocycles. The van der Waals surface area contributed by atoms with E-state index in [-0.39, 0.29) is 18.3 Å². The smallest absolute Gasteiger partial charge is 0.419 e. The first-order valence-corrected chi connectivity index (χ1v) is 7.69. The van der Waals surface area contributed by atoms with Crippen molar-refractivity contribution < 1.29 is 23.1 Å². The van der Waals surface area contributed by atoms with Gasteiger partial charge in [0.25, 0.3) is 0 Å². The molecule has 25 heavy (non-hydrogen) atoms. The Bertz CT molecular complexity index is 707. The fraction of sp³-hybridized carbons (Fsp3) is 0.562. The van der Waals surface area contributed by atoms with Crippen LogP contribution in [-0.2, 0) is 6.18 Å². The Balaban J connectivity index is 2.28. The molecule has 2 rings (SSSR count). The highest BCUT2D eigenvalue weighted by Gasteiger charge is 2.39. The van der Waals surface area contributed by atoms with E-state index in [4.69, 9.17) is 5.26 Å². The fourth-order valence-corrected chi connectivity index (χ4v) is 3.11. The molecule has 0 saturated carbocycles. The van der Waals surface area contributed by atoms with Gasteiger partial charge >= 0.3 is 12.3 Å². The molecule has 1 amide bonds. The summed E-state index contributed by atoms with van der Waals surface area (Å²) >= 11 is 0. The number of carbonyl (C=O) groups is 1. The zero-order valence-corrected chi connectivity index (χ0v) is 14.1. The van der Waals surface area contributed by atoms with Crippen LogP contribution in [0.25, 0.3) is 0 Å². The Labute approximate surface area is 143 Å². The number of nitriles is 1. The minimum Gasteiger partial charge on any atom is -0.465 e. The monoisotopic (exact) mass is 356 g/mol. The largest absolute Gasteiger partial charge is 0.465 e. The van der Waals surface area contributed by atoms with Crippen LogP contribution >= 0.6 is 0 Å². The summed E-state index contributed by atoms with van der Waals surface area (Å²) in [5.74, 6) is 0. The summed E-state index contributed by atoms with van der Waals surface area (Å²) in [5, 5.41) is 18.3. The Morgan fingerprint density at radius 3 is 2.56 bits per heavy atom. The van der Waals surface area contributed by atoms with Crippen LogP contribution in [0.1, 0.15) is 38.4 Å². The van der Waals surface area contributed by atoms with E-state index in [1.54, 1.807) is 25.7 Å². The Morgan fingerprint density at radius 2 is 2.08 bits per heavy atom. The lowest BCUT2D eigenvalue weighted by Crippen LogP contribution is -2.52. The number of nitrogens with zero attached hydrogens (tertiary/aromatic N) is 4. The SMILES string of the molecule is CC(C)(C)N(C(=O)O)C1CCN(c2cnc(C#N)c(C(F)(F)F)c2)C1. The summed E-state index contributed by atoms with van der Waals surface area (Å²) in [7, 11) is 0. The second-order valence-corrected chi connectivity index (χ2v) is 6.91. The lowest BCUT2D eigenvalue weighted by atomic mass is 10.0. The van der Waals surface area contributed by atoms with Crippen LogP contribution in [0.3, 0.4) is 0 Å². The third kappa shape index (κ3) is 3.95. The molecule has 1 atom stereocenters. The Morgan fingerprint density at radius 1 is 1.44 bits per heavy atom. The first-order valence-electron chi connectivity index (χ1n) is 7.69. The number of aromatic nitrogens is 1. The van der Waals surface area contributed by atoms with Crippen molar-refractivity contribution in [2.75, 3.05) is 18.0 Å². The van der Waals surface area contributed by atoms with Gasteiger partial charge in [-0.25, -0.2) is 9.78 Å². The molecule has 1 saturated heterocycles. The van der Waals surface area contributed by atoms with Gasteiger partial charge in [0.15, 0.2) is 5.69 Å². The van der Waals surface area contributed by atoms with Crippen molar-refractivity contribution in [1.82, 2.24) is 9.88 Å².